The number of halogens is 1. The van der Waals surface area contributed by atoms with Crippen molar-refractivity contribution in [2.24, 2.45) is 0 Å². The van der Waals surface area contributed by atoms with Gasteiger partial charge in [-0.1, -0.05) is 24.4 Å². The SMILES string of the molecule is Cc1nc(Cl)cc(NC2CCN(C3CCCC3)C2)n1. The molecule has 1 aromatic rings. The standard InChI is InChI=1S/C14H21ClN4/c1-10-16-13(15)8-14(17-10)18-11-6-7-19(9-11)12-4-2-3-5-12/h8,11-12H,2-7,9H2,1H3,(H,16,17,18). The Morgan fingerprint density at radius 2 is 2.05 bits per heavy atom. The summed E-state index contributed by atoms with van der Waals surface area (Å²) in [6.07, 6.45) is 6.76. The number of nitrogens with one attached hydrogen (secondary N) is 1. The molecule has 5 heteroatoms. The van der Waals surface area contributed by atoms with E-state index in [1.165, 1.54) is 38.6 Å². The molecule has 0 radical (unpaired) electrons. The third-order valence-electron chi connectivity index (χ3n) is 4.22. The van der Waals surface area contributed by atoms with Gasteiger partial charge in [-0.15, -0.1) is 0 Å². The van der Waals surface area contributed by atoms with Crippen LogP contribution in [0, 0.1) is 6.92 Å². The van der Waals surface area contributed by atoms with Crippen LogP contribution >= 0.6 is 11.6 Å². The van der Waals surface area contributed by atoms with Gasteiger partial charge in [-0.25, -0.2) is 9.97 Å². The molecule has 1 saturated heterocycles. The zero-order valence-electron chi connectivity index (χ0n) is 11.4. The number of hydrogen-bond acceptors (Lipinski definition) is 4. The Morgan fingerprint density at radius 3 is 2.79 bits per heavy atom. The summed E-state index contributed by atoms with van der Waals surface area (Å²) in [4.78, 5) is 11.1. The lowest BCUT2D eigenvalue weighted by Gasteiger charge is -2.23. The molecule has 2 fully saturated rings. The molecule has 1 N–H and O–H groups in total. The molecule has 1 atom stereocenters. The highest BCUT2D eigenvalue weighted by Crippen LogP contribution is 2.27. The maximum Gasteiger partial charge on any atom is 0.134 e. The summed E-state index contributed by atoms with van der Waals surface area (Å²) >= 11 is 5.97. The molecular formula is C14H21ClN4. The van der Waals surface area contributed by atoms with Crippen molar-refractivity contribution in [3.05, 3.63) is 17.0 Å². The fourth-order valence-electron chi connectivity index (χ4n) is 3.32. The minimum absolute atomic E-state index is 0.492. The van der Waals surface area contributed by atoms with Gasteiger partial charge in [0.1, 0.15) is 16.8 Å². The molecule has 1 aliphatic heterocycles. The molecule has 1 unspecified atom stereocenters. The van der Waals surface area contributed by atoms with Crippen LogP contribution in [0.1, 0.15) is 37.9 Å². The number of nitrogens with zero attached hydrogens (tertiary/aromatic N) is 3. The number of hydrogen-bond donors (Lipinski definition) is 1. The predicted molar refractivity (Wildman–Crippen MR) is 77.6 cm³/mol. The molecule has 2 heterocycles. The molecular weight excluding hydrogens is 260 g/mol. The van der Waals surface area contributed by atoms with E-state index >= 15 is 0 Å². The maximum absolute atomic E-state index is 5.97. The molecule has 2 aliphatic rings. The van der Waals surface area contributed by atoms with Crippen LogP contribution in [-0.4, -0.2) is 40.0 Å². The van der Waals surface area contributed by atoms with Crippen molar-refractivity contribution in [3.63, 3.8) is 0 Å². The third-order valence-corrected chi connectivity index (χ3v) is 4.41. The largest absolute Gasteiger partial charge is 0.366 e. The summed E-state index contributed by atoms with van der Waals surface area (Å²) in [6.45, 7) is 4.21. The van der Waals surface area contributed by atoms with Crippen molar-refractivity contribution in [1.29, 1.82) is 0 Å². The van der Waals surface area contributed by atoms with Crippen molar-refractivity contribution in [2.45, 2.75) is 51.1 Å². The zero-order chi connectivity index (χ0) is 13.2. The van der Waals surface area contributed by atoms with E-state index < -0.39 is 0 Å². The number of aryl methyl sites for hydroxylation is 1. The van der Waals surface area contributed by atoms with Crippen molar-refractivity contribution >= 4 is 17.4 Å². The summed E-state index contributed by atoms with van der Waals surface area (Å²) in [6, 6.07) is 3.13. The second kappa shape index (κ2) is 5.63. The lowest BCUT2D eigenvalue weighted by molar-refractivity contribution is 0.245. The second-order valence-corrected chi connectivity index (χ2v) is 6.07. The van der Waals surface area contributed by atoms with Gasteiger partial charge in [0, 0.05) is 31.2 Å². The Balaban J connectivity index is 1.59. The van der Waals surface area contributed by atoms with E-state index in [1.54, 1.807) is 0 Å². The number of rotatable bonds is 3. The smallest absolute Gasteiger partial charge is 0.134 e. The number of likely N-dealkylation sites (tertiary alicyclic amines) is 1. The first-order valence-electron chi connectivity index (χ1n) is 7.22. The van der Waals surface area contributed by atoms with Crippen molar-refractivity contribution in [3.8, 4) is 0 Å². The molecule has 1 saturated carbocycles. The Bertz CT molecular complexity index is 425. The zero-order valence-corrected chi connectivity index (χ0v) is 12.2. The molecule has 4 nitrogen and oxygen atoms in total. The van der Waals surface area contributed by atoms with E-state index in [0.29, 0.717) is 11.2 Å². The topological polar surface area (TPSA) is 41.1 Å². The summed E-state index contributed by atoms with van der Waals surface area (Å²) in [5.41, 5.74) is 0. The van der Waals surface area contributed by atoms with E-state index in [4.69, 9.17) is 11.6 Å². The lowest BCUT2D eigenvalue weighted by atomic mass is 10.2. The van der Waals surface area contributed by atoms with Crippen molar-refractivity contribution < 1.29 is 0 Å². The third kappa shape index (κ3) is 3.18. The van der Waals surface area contributed by atoms with Gasteiger partial charge in [0.05, 0.1) is 0 Å². The summed E-state index contributed by atoms with van der Waals surface area (Å²) in [7, 11) is 0. The minimum atomic E-state index is 0.492. The van der Waals surface area contributed by atoms with E-state index in [-0.39, 0.29) is 0 Å². The van der Waals surface area contributed by atoms with Crippen molar-refractivity contribution in [2.75, 3.05) is 18.4 Å². The fraction of sp³-hybridized carbons (Fsp3) is 0.714. The van der Waals surface area contributed by atoms with Crippen molar-refractivity contribution in [1.82, 2.24) is 14.9 Å². The van der Waals surface area contributed by atoms with Crippen LogP contribution in [0.25, 0.3) is 0 Å². The molecule has 1 aliphatic carbocycles. The van der Waals surface area contributed by atoms with E-state index in [0.717, 1.165) is 24.2 Å². The Kier molecular flexibility index (Phi) is 3.89. The first kappa shape index (κ1) is 13.1. The van der Waals surface area contributed by atoms with Crippen LogP contribution in [0.4, 0.5) is 5.82 Å². The Labute approximate surface area is 119 Å². The van der Waals surface area contributed by atoms with Crippen LogP contribution in [-0.2, 0) is 0 Å². The predicted octanol–water partition coefficient (Wildman–Crippen LogP) is 2.87. The van der Waals surface area contributed by atoms with Crippen LogP contribution in [0.15, 0.2) is 6.07 Å². The highest BCUT2D eigenvalue weighted by atomic mass is 35.5. The number of anilines is 1. The normalized spacial score (nSPS) is 25.1. The lowest BCUT2D eigenvalue weighted by Crippen LogP contribution is -2.33. The summed E-state index contributed by atoms with van der Waals surface area (Å²) < 4.78 is 0. The van der Waals surface area contributed by atoms with Crippen LogP contribution in [0.2, 0.25) is 5.15 Å². The van der Waals surface area contributed by atoms with Gasteiger partial charge in [-0.2, -0.15) is 0 Å². The highest BCUT2D eigenvalue weighted by Gasteiger charge is 2.29. The van der Waals surface area contributed by atoms with E-state index in [1.807, 2.05) is 13.0 Å². The van der Waals surface area contributed by atoms with E-state index in [9.17, 15) is 0 Å². The molecule has 0 amide bonds. The van der Waals surface area contributed by atoms with Gasteiger partial charge in [0.15, 0.2) is 0 Å². The van der Waals surface area contributed by atoms with Crippen LogP contribution in [0.3, 0.4) is 0 Å². The quantitative estimate of drug-likeness (QED) is 0.865. The first-order valence-corrected chi connectivity index (χ1v) is 7.60. The molecule has 19 heavy (non-hydrogen) atoms. The van der Waals surface area contributed by atoms with Gasteiger partial charge in [-0.05, 0) is 26.2 Å². The summed E-state index contributed by atoms with van der Waals surface area (Å²) in [5, 5.41) is 4.01. The van der Waals surface area contributed by atoms with Gasteiger partial charge < -0.3 is 5.32 Å². The monoisotopic (exact) mass is 280 g/mol. The van der Waals surface area contributed by atoms with Crippen LogP contribution < -0.4 is 5.32 Å². The molecule has 1 aromatic heterocycles. The number of aromatic nitrogens is 2. The fourth-order valence-corrected chi connectivity index (χ4v) is 3.55. The Morgan fingerprint density at radius 1 is 1.26 bits per heavy atom. The molecule has 3 rings (SSSR count). The van der Waals surface area contributed by atoms with Gasteiger partial charge in [0.2, 0.25) is 0 Å². The molecule has 0 aromatic carbocycles. The first-order chi connectivity index (χ1) is 9.20. The average molecular weight is 281 g/mol. The summed E-state index contributed by atoms with van der Waals surface area (Å²) in [5.74, 6) is 1.58. The molecule has 0 spiro atoms. The molecule has 104 valence electrons. The maximum atomic E-state index is 5.97. The molecule has 0 bridgehead atoms. The highest BCUT2D eigenvalue weighted by molar-refractivity contribution is 6.29. The van der Waals surface area contributed by atoms with Gasteiger partial charge >= 0.3 is 0 Å². The minimum Gasteiger partial charge on any atom is -0.366 e. The van der Waals surface area contributed by atoms with Gasteiger partial charge in [0.25, 0.3) is 0 Å². The van der Waals surface area contributed by atoms with E-state index in [2.05, 4.69) is 20.2 Å². The Hall–Kier alpha value is -0.870. The second-order valence-electron chi connectivity index (χ2n) is 5.69. The van der Waals surface area contributed by atoms with Crippen LogP contribution in [0.5, 0.6) is 0 Å². The average Bonchev–Trinajstić information content (AvgIpc) is 2.96. The van der Waals surface area contributed by atoms with Gasteiger partial charge in [-0.3, -0.25) is 4.90 Å².